The number of aliphatic hydroxyl groups is 2. The fourth-order valence-electron chi connectivity index (χ4n) is 7.57. The SMILES string of the molecule is COC(C)c1cc(OCc2ccccc2)c2c(c1Cl)C[C@H]1C[C@H]3[C@H](N(C)C)c4onc(OCc5ccccc5)c4C(=O)[C@@]3(O)C(O)=C1C2=O. The molecule has 3 aromatic carbocycles. The summed E-state index contributed by atoms with van der Waals surface area (Å²) in [5.41, 5.74) is 0.622. The number of fused-ring (bicyclic) bond motifs is 4. The molecule has 0 radical (unpaired) electrons. The van der Waals surface area contributed by atoms with Crippen molar-refractivity contribution in [1.82, 2.24) is 10.1 Å². The number of benzene rings is 3. The third-order valence-electron chi connectivity index (χ3n) is 10.1. The summed E-state index contributed by atoms with van der Waals surface area (Å²) in [6.45, 7) is 2.13. The summed E-state index contributed by atoms with van der Waals surface area (Å²) in [6.07, 6.45) is 0.0448. The monoisotopic (exact) mass is 684 g/mol. The number of carbonyl (C=O) groups excluding carboxylic acids is 2. The van der Waals surface area contributed by atoms with Crippen LogP contribution in [-0.4, -0.2) is 58.6 Å². The first kappa shape index (κ1) is 33.0. The van der Waals surface area contributed by atoms with Crippen molar-refractivity contribution in [3.8, 4) is 11.6 Å². The van der Waals surface area contributed by atoms with Crippen molar-refractivity contribution in [3.05, 3.63) is 122 Å². The van der Waals surface area contributed by atoms with Gasteiger partial charge in [-0.05, 0) is 67.7 Å². The minimum atomic E-state index is -2.45. The van der Waals surface area contributed by atoms with Crippen molar-refractivity contribution in [2.75, 3.05) is 21.2 Å². The van der Waals surface area contributed by atoms with E-state index in [1.807, 2.05) is 72.5 Å². The van der Waals surface area contributed by atoms with Crippen LogP contribution >= 0.6 is 11.6 Å². The molecule has 10 nitrogen and oxygen atoms in total. The van der Waals surface area contributed by atoms with E-state index < -0.39 is 46.9 Å². The van der Waals surface area contributed by atoms with Gasteiger partial charge >= 0.3 is 0 Å². The normalized spacial score (nSPS) is 23.4. The van der Waals surface area contributed by atoms with Gasteiger partial charge in [0.15, 0.2) is 17.1 Å². The molecule has 0 spiro atoms. The topological polar surface area (TPSA) is 132 Å². The minimum Gasteiger partial charge on any atom is -0.508 e. The third kappa shape index (κ3) is 5.34. The largest absolute Gasteiger partial charge is 0.508 e. The zero-order valence-electron chi connectivity index (χ0n) is 27.6. The van der Waals surface area contributed by atoms with Crippen LogP contribution in [0.4, 0.5) is 0 Å². The first-order valence-electron chi connectivity index (χ1n) is 16.2. The van der Waals surface area contributed by atoms with Crippen LogP contribution in [0.1, 0.15) is 74.2 Å². The Morgan fingerprint density at radius 3 is 2.27 bits per heavy atom. The van der Waals surface area contributed by atoms with Gasteiger partial charge in [-0.15, -0.1) is 0 Å². The van der Waals surface area contributed by atoms with Gasteiger partial charge in [-0.25, -0.2) is 0 Å². The molecule has 11 heteroatoms. The van der Waals surface area contributed by atoms with Gasteiger partial charge in [0.25, 0.3) is 5.88 Å². The number of halogens is 1. The number of hydrogen-bond acceptors (Lipinski definition) is 10. The molecule has 0 fully saturated rings. The molecule has 0 aliphatic heterocycles. The number of ether oxygens (including phenoxy) is 3. The average molecular weight is 685 g/mol. The molecule has 3 aliphatic carbocycles. The first-order chi connectivity index (χ1) is 23.6. The Hall–Kier alpha value is -4.48. The number of allylic oxidation sites excluding steroid dienone is 1. The molecule has 254 valence electrons. The maximum atomic E-state index is 14.6. The summed E-state index contributed by atoms with van der Waals surface area (Å²) in [5.74, 6) is -3.09. The molecule has 0 saturated carbocycles. The first-order valence-corrected chi connectivity index (χ1v) is 16.6. The lowest BCUT2D eigenvalue weighted by molar-refractivity contribution is -0.0559. The van der Waals surface area contributed by atoms with Crippen LogP contribution in [-0.2, 0) is 24.4 Å². The summed E-state index contributed by atoms with van der Waals surface area (Å²) in [5, 5.41) is 28.9. The van der Waals surface area contributed by atoms with Crippen LogP contribution in [0.25, 0.3) is 0 Å². The quantitative estimate of drug-likeness (QED) is 0.199. The Morgan fingerprint density at radius 2 is 1.65 bits per heavy atom. The highest BCUT2D eigenvalue weighted by molar-refractivity contribution is 6.33. The second-order valence-corrected chi connectivity index (χ2v) is 13.5. The van der Waals surface area contributed by atoms with E-state index in [4.69, 9.17) is 30.3 Å². The highest BCUT2D eigenvalue weighted by Gasteiger charge is 2.64. The molecule has 1 aromatic heterocycles. The predicted molar refractivity (Wildman–Crippen MR) is 180 cm³/mol. The molecule has 0 bridgehead atoms. The summed E-state index contributed by atoms with van der Waals surface area (Å²) < 4.78 is 23.6. The number of ketones is 2. The fraction of sp³-hybridized carbons (Fsp3) is 0.342. The number of rotatable bonds is 9. The fourth-order valence-corrected chi connectivity index (χ4v) is 7.95. The van der Waals surface area contributed by atoms with Gasteiger partial charge in [-0.1, -0.05) is 72.3 Å². The number of Topliss-reactive ketones (excluding diaryl/α,β-unsaturated/α-hetero) is 2. The summed E-state index contributed by atoms with van der Waals surface area (Å²) >= 11 is 7.02. The Bertz CT molecular complexity index is 1960. The van der Waals surface area contributed by atoms with E-state index in [1.165, 1.54) is 0 Å². The third-order valence-corrected chi connectivity index (χ3v) is 10.5. The number of aromatic nitrogens is 1. The molecular formula is C38H37ClN2O8. The zero-order chi connectivity index (χ0) is 34.6. The van der Waals surface area contributed by atoms with E-state index in [2.05, 4.69) is 5.16 Å². The van der Waals surface area contributed by atoms with Crippen molar-refractivity contribution < 1.29 is 38.5 Å². The number of hydrogen-bond donors (Lipinski definition) is 2. The van der Waals surface area contributed by atoms with E-state index in [0.717, 1.165) is 11.1 Å². The number of aliphatic hydroxyl groups excluding tert-OH is 1. The number of methoxy groups -OCH3 is 1. The Balaban J connectivity index is 1.33. The zero-order valence-corrected chi connectivity index (χ0v) is 28.4. The van der Waals surface area contributed by atoms with Gasteiger partial charge in [0.1, 0.15) is 30.3 Å². The van der Waals surface area contributed by atoms with Crippen molar-refractivity contribution in [3.63, 3.8) is 0 Å². The average Bonchev–Trinajstić information content (AvgIpc) is 3.52. The lowest BCUT2D eigenvalue weighted by Crippen LogP contribution is -2.59. The molecular weight excluding hydrogens is 648 g/mol. The van der Waals surface area contributed by atoms with Crippen LogP contribution in [0.5, 0.6) is 11.6 Å². The maximum Gasteiger partial charge on any atom is 0.265 e. The van der Waals surface area contributed by atoms with E-state index in [9.17, 15) is 19.8 Å². The molecule has 0 saturated heterocycles. The molecule has 3 aliphatic rings. The lowest BCUT2D eigenvalue weighted by atomic mass is 9.58. The van der Waals surface area contributed by atoms with Gasteiger partial charge in [0.05, 0.1) is 22.7 Å². The second kappa shape index (κ2) is 12.8. The summed E-state index contributed by atoms with van der Waals surface area (Å²) in [7, 11) is 5.16. The van der Waals surface area contributed by atoms with Crippen LogP contribution < -0.4 is 9.47 Å². The van der Waals surface area contributed by atoms with Gasteiger partial charge in [0.2, 0.25) is 5.78 Å². The van der Waals surface area contributed by atoms with Gasteiger partial charge < -0.3 is 28.9 Å². The molecule has 0 amide bonds. The van der Waals surface area contributed by atoms with Crippen molar-refractivity contribution >= 4 is 23.2 Å². The van der Waals surface area contributed by atoms with Gasteiger partial charge in [-0.3, -0.25) is 14.5 Å². The van der Waals surface area contributed by atoms with Gasteiger partial charge in [0, 0.05) is 24.2 Å². The minimum absolute atomic E-state index is 0.0306. The number of carbonyl (C=O) groups is 2. The predicted octanol–water partition coefficient (Wildman–Crippen LogP) is 6.61. The molecule has 49 heavy (non-hydrogen) atoms. The Labute approximate surface area is 288 Å². The standard InChI is InChI=1S/C38H37ClN2O8/c1-20(46-4)24-17-27(47-18-21-11-7-5-8-12-21)29-25(31(24)39)15-23-16-26-32(41(2)3)34-30(36(44)38(26,45)35(43)28(23)33(29)42)37(40-49-34)48-19-22-13-9-6-10-14-22/h5-14,17,20,23,26,32,43,45H,15-16,18-19H2,1-4H3/t20?,23-,26-,32-,38-/m0/s1. The number of nitrogens with zero attached hydrogens (tertiary/aromatic N) is 2. The molecule has 7 rings (SSSR count). The van der Waals surface area contributed by atoms with Gasteiger partial charge in [-0.2, -0.15) is 0 Å². The molecule has 4 aromatic rings. The van der Waals surface area contributed by atoms with Crippen LogP contribution in [0.15, 0.2) is 82.6 Å². The molecule has 1 unspecified atom stereocenters. The maximum absolute atomic E-state index is 14.6. The molecule has 5 atom stereocenters. The van der Waals surface area contributed by atoms with Crippen LogP contribution in [0.3, 0.4) is 0 Å². The highest BCUT2D eigenvalue weighted by Crippen LogP contribution is 2.57. The molecule has 1 heterocycles. The van der Waals surface area contributed by atoms with Crippen molar-refractivity contribution in [2.24, 2.45) is 11.8 Å². The summed E-state index contributed by atoms with van der Waals surface area (Å²) in [6, 6.07) is 19.9. The molecule has 2 N–H and O–H groups in total. The smallest absolute Gasteiger partial charge is 0.265 e. The van der Waals surface area contributed by atoms with Crippen LogP contribution in [0, 0.1) is 11.8 Å². The van der Waals surface area contributed by atoms with Crippen LogP contribution in [0.2, 0.25) is 5.02 Å². The highest BCUT2D eigenvalue weighted by atomic mass is 35.5. The Morgan fingerprint density at radius 1 is 1.02 bits per heavy atom. The Kier molecular flexibility index (Phi) is 8.60. The second-order valence-electron chi connectivity index (χ2n) is 13.1. The van der Waals surface area contributed by atoms with E-state index in [0.29, 0.717) is 16.1 Å². The van der Waals surface area contributed by atoms with Crippen molar-refractivity contribution in [2.45, 2.75) is 50.7 Å². The van der Waals surface area contributed by atoms with Crippen molar-refractivity contribution in [1.29, 1.82) is 0 Å². The lowest BCUT2D eigenvalue weighted by Gasteiger charge is -2.49. The van der Waals surface area contributed by atoms with E-state index >= 15 is 0 Å². The van der Waals surface area contributed by atoms with E-state index in [-0.39, 0.29) is 60.1 Å². The van der Waals surface area contributed by atoms with E-state index in [1.54, 1.807) is 27.3 Å². The summed E-state index contributed by atoms with van der Waals surface area (Å²) in [4.78, 5) is 30.8.